The molecule has 1 atom stereocenters. The van der Waals surface area contributed by atoms with Crippen LogP contribution in [0.25, 0.3) is 0 Å². The Kier molecular flexibility index (Phi) is 7.62. The number of nitrogens with two attached hydrogens (primary N) is 1. The van der Waals surface area contributed by atoms with Gasteiger partial charge in [0.2, 0.25) is 5.88 Å². The maximum Gasteiger partial charge on any atom is 0.262 e. The molecule has 1 aliphatic carbocycles. The van der Waals surface area contributed by atoms with Gasteiger partial charge >= 0.3 is 0 Å². The smallest absolute Gasteiger partial charge is 0.262 e. The van der Waals surface area contributed by atoms with Gasteiger partial charge in [0.25, 0.3) is 5.91 Å². The van der Waals surface area contributed by atoms with Gasteiger partial charge in [0, 0.05) is 24.1 Å². The van der Waals surface area contributed by atoms with Crippen LogP contribution in [0.5, 0.6) is 17.2 Å². The van der Waals surface area contributed by atoms with Crippen molar-refractivity contribution in [1.29, 1.82) is 5.26 Å². The zero-order valence-corrected chi connectivity index (χ0v) is 21.9. The van der Waals surface area contributed by atoms with Gasteiger partial charge in [0.15, 0.2) is 23.9 Å². The van der Waals surface area contributed by atoms with E-state index in [1.165, 1.54) is 0 Å². The van der Waals surface area contributed by atoms with Crippen molar-refractivity contribution in [3.63, 3.8) is 0 Å². The molecule has 1 heterocycles. The number of ether oxygens (including phenoxy) is 4. The Morgan fingerprint density at radius 2 is 1.89 bits per heavy atom. The van der Waals surface area contributed by atoms with Gasteiger partial charge in [-0.05, 0) is 54.3 Å². The Labute approximate surface area is 221 Å². The van der Waals surface area contributed by atoms with E-state index in [0.717, 1.165) is 0 Å². The van der Waals surface area contributed by atoms with Crippen molar-refractivity contribution in [3.05, 3.63) is 70.8 Å². The Hall–Kier alpha value is -4.45. The topological polar surface area (TPSA) is 133 Å². The Balaban J connectivity index is 1.59. The van der Waals surface area contributed by atoms with Crippen molar-refractivity contribution >= 4 is 17.4 Å². The van der Waals surface area contributed by atoms with Crippen molar-refractivity contribution in [2.45, 2.75) is 39.5 Å². The lowest BCUT2D eigenvalue weighted by molar-refractivity contribution is -0.119. The second-order valence-corrected chi connectivity index (χ2v) is 9.91. The van der Waals surface area contributed by atoms with Gasteiger partial charge in [-0.15, -0.1) is 0 Å². The van der Waals surface area contributed by atoms with Gasteiger partial charge in [-0.3, -0.25) is 9.59 Å². The van der Waals surface area contributed by atoms with Gasteiger partial charge in [-0.1, -0.05) is 19.9 Å². The maximum absolute atomic E-state index is 13.2. The first kappa shape index (κ1) is 26.6. The number of rotatable bonds is 8. The van der Waals surface area contributed by atoms with E-state index in [2.05, 4.69) is 11.4 Å². The number of carbonyl (C=O) groups excluding carboxylic acids is 2. The summed E-state index contributed by atoms with van der Waals surface area (Å²) in [5, 5.41) is 12.7. The first-order chi connectivity index (χ1) is 18.2. The van der Waals surface area contributed by atoms with E-state index >= 15 is 0 Å². The molecule has 9 nitrogen and oxygen atoms in total. The summed E-state index contributed by atoms with van der Waals surface area (Å²) >= 11 is 0. The zero-order valence-electron chi connectivity index (χ0n) is 21.9. The molecule has 9 heteroatoms. The third-order valence-electron chi connectivity index (χ3n) is 6.41. The monoisotopic (exact) mass is 517 g/mol. The molecule has 0 spiro atoms. The molecule has 0 unspecified atom stereocenters. The number of nitrogens with one attached hydrogen (secondary N) is 1. The molecule has 0 saturated heterocycles. The van der Waals surface area contributed by atoms with E-state index in [0.29, 0.717) is 59.3 Å². The third kappa shape index (κ3) is 5.59. The van der Waals surface area contributed by atoms with Crippen LogP contribution in [0.3, 0.4) is 0 Å². The number of amides is 1. The molecule has 1 amide bonds. The molecular weight excluding hydrogens is 486 g/mol. The summed E-state index contributed by atoms with van der Waals surface area (Å²) in [7, 11) is 1.57. The first-order valence-corrected chi connectivity index (χ1v) is 12.3. The van der Waals surface area contributed by atoms with Crippen LogP contribution in [0, 0.1) is 16.7 Å². The average Bonchev–Trinajstić information content (AvgIpc) is 2.87. The van der Waals surface area contributed by atoms with Gasteiger partial charge in [-0.25, -0.2) is 0 Å². The highest BCUT2D eigenvalue weighted by atomic mass is 16.5. The molecule has 3 N–H and O–H groups in total. The van der Waals surface area contributed by atoms with E-state index in [-0.39, 0.29) is 35.2 Å². The molecule has 2 aromatic carbocycles. The zero-order chi connectivity index (χ0) is 27.4. The molecule has 38 heavy (non-hydrogen) atoms. The fourth-order valence-corrected chi connectivity index (χ4v) is 4.72. The molecule has 1 aliphatic heterocycles. The summed E-state index contributed by atoms with van der Waals surface area (Å²) in [6.07, 6.45) is 0.875. The van der Waals surface area contributed by atoms with Crippen LogP contribution in [0.15, 0.2) is 65.3 Å². The quantitative estimate of drug-likeness (QED) is 0.521. The second kappa shape index (κ2) is 10.9. The number of allylic oxidation sites excluding steroid dienone is 3. The number of carbonyl (C=O) groups is 2. The van der Waals surface area contributed by atoms with Crippen LogP contribution >= 0.6 is 0 Å². The Morgan fingerprint density at radius 1 is 1.16 bits per heavy atom. The van der Waals surface area contributed by atoms with Crippen LogP contribution in [0.2, 0.25) is 0 Å². The molecule has 0 fully saturated rings. The minimum absolute atomic E-state index is 0.00441. The number of anilines is 1. The lowest BCUT2D eigenvalue weighted by Gasteiger charge is -2.37. The third-order valence-corrected chi connectivity index (χ3v) is 6.41. The number of nitrogens with zero attached hydrogens (tertiary/aromatic N) is 1. The van der Waals surface area contributed by atoms with E-state index in [1.54, 1.807) is 49.6 Å². The molecule has 198 valence electrons. The average molecular weight is 518 g/mol. The molecule has 2 aliphatic rings. The summed E-state index contributed by atoms with van der Waals surface area (Å²) in [6, 6.07) is 14.2. The van der Waals surface area contributed by atoms with Crippen molar-refractivity contribution in [3.8, 4) is 23.3 Å². The Bertz CT molecular complexity index is 1350. The normalized spacial score (nSPS) is 18.2. The summed E-state index contributed by atoms with van der Waals surface area (Å²) < 4.78 is 22.5. The summed E-state index contributed by atoms with van der Waals surface area (Å²) in [6.45, 7) is 5.92. The molecule has 0 aromatic heterocycles. The minimum Gasteiger partial charge on any atom is -0.497 e. The lowest BCUT2D eigenvalue weighted by atomic mass is 9.70. The molecule has 0 bridgehead atoms. The maximum atomic E-state index is 13.2. The van der Waals surface area contributed by atoms with Crippen LogP contribution in [-0.2, 0) is 14.3 Å². The predicted octanol–water partition coefficient (Wildman–Crippen LogP) is 4.56. The number of hydrogen-bond acceptors (Lipinski definition) is 8. The van der Waals surface area contributed by atoms with Crippen molar-refractivity contribution in [2.75, 3.05) is 25.6 Å². The number of hydrogen-bond donors (Lipinski definition) is 2. The molecular formula is C29H31N3O6. The van der Waals surface area contributed by atoms with E-state index in [9.17, 15) is 14.9 Å². The van der Waals surface area contributed by atoms with Crippen molar-refractivity contribution < 1.29 is 28.5 Å². The molecule has 0 saturated carbocycles. The lowest BCUT2D eigenvalue weighted by Crippen LogP contribution is -2.33. The first-order valence-electron chi connectivity index (χ1n) is 12.3. The SMILES string of the molecule is CCOc1cc([C@H]2C(C#N)=C(N)OC3=C2C(=O)CC(C)(C)C3)ccc1OCC(=O)Nc1ccc(OC)cc1. The van der Waals surface area contributed by atoms with E-state index in [4.69, 9.17) is 24.7 Å². The number of Topliss-reactive ketones (excluding diaryl/α,β-unsaturated/α-hetero) is 1. The number of nitriles is 1. The summed E-state index contributed by atoms with van der Waals surface area (Å²) in [5.41, 5.74) is 7.73. The molecule has 2 aromatic rings. The largest absolute Gasteiger partial charge is 0.497 e. The predicted molar refractivity (Wildman–Crippen MR) is 140 cm³/mol. The van der Waals surface area contributed by atoms with Gasteiger partial charge in [0.05, 0.1) is 19.6 Å². The number of benzene rings is 2. The highest BCUT2D eigenvalue weighted by Gasteiger charge is 2.43. The molecule has 0 radical (unpaired) electrons. The fraction of sp³-hybridized carbons (Fsp3) is 0.345. The Morgan fingerprint density at radius 3 is 2.55 bits per heavy atom. The number of methoxy groups -OCH3 is 1. The van der Waals surface area contributed by atoms with Crippen molar-refractivity contribution in [1.82, 2.24) is 0 Å². The minimum atomic E-state index is -0.682. The second-order valence-electron chi connectivity index (χ2n) is 9.91. The highest BCUT2D eigenvalue weighted by molar-refractivity contribution is 6.00. The summed E-state index contributed by atoms with van der Waals surface area (Å²) in [4.78, 5) is 25.7. The highest BCUT2D eigenvalue weighted by Crippen LogP contribution is 2.48. The molecule has 4 rings (SSSR count). The van der Waals surface area contributed by atoms with Crippen molar-refractivity contribution in [2.24, 2.45) is 11.1 Å². The number of ketones is 1. The van der Waals surface area contributed by atoms with Gasteiger partial charge < -0.3 is 30.0 Å². The van der Waals surface area contributed by atoms with Crippen LogP contribution in [0.4, 0.5) is 5.69 Å². The van der Waals surface area contributed by atoms with Crippen LogP contribution < -0.4 is 25.3 Å². The summed E-state index contributed by atoms with van der Waals surface area (Å²) in [5.74, 6) is 0.816. The van der Waals surface area contributed by atoms with Crippen LogP contribution in [-0.4, -0.2) is 32.0 Å². The van der Waals surface area contributed by atoms with E-state index < -0.39 is 5.92 Å². The van der Waals surface area contributed by atoms with E-state index in [1.807, 2.05) is 20.8 Å². The van der Waals surface area contributed by atoms with Gasteiger partial charge in [-0.2, -0.15) is 5.26 Å². The standard InChI is InChI=1S/C29H31N3O6/c1-5-36-23-12-17(6-11-22(23)37-16-25(34)32-18-7-9-19(35-4)10-8-18)26-20(15-30)28(31)38-24-14-29(2,3)13-21(33)27(24)26/h6-12,26H,5,13-14,16,31H2,1-4H3,(H,32,34)/t26-/m0/s1. The fourth-order valence-electron chi connectivity index (χ4n) is 4.72. The van der Waals surface area contributed by atoms with Crippen LogP contribution in [0.1, 0.15) is 45.1 Å². The van der Waals surface area contributed by atoms with Gasteiger partial charge in [0.1, 0.15) is 23.2 Å².